The van der Waals surface area contributed by atoms with Gasteiger partial charge in [0.1, 0.15) is 62.1 Å². The van der Waals surface area contributed by atoms with Gasteiger partial charge in [0.25, 0.3) is 0 Å². The van der Waals surface area contributed by atoms with Gasteiger partial charge in [-0.25, -0.2) is 23.5 Å². The maximum absolute atomic E-state index is 14.0. The fraction of sp³-hybridized carbons (Fsp3) is 0.339. The first-order chi connectivity index (χ1) is 39.5. The number of carbonyl (C=O) groups excluding carboxylic acids is 7. The zero-order valence-electron chi connectivity index (χ0n) is 46.6. The highest BCUT2D eigenvalue weighted by Crippen LogP contribution is 2.42. The number of benzene rings is 4. The number of aliphatic hydroxyl groups is 1. The molecule has 20 nitrogen and oxygen atoms in total. The molecule has 22 rings (SSSR count). The van der Waals surface area contributed by atoms with Gasteiger partial charge >= 0.3 is 17.9 Å². The summed E-state index contributed by atoms with van der Waals surface area (Å²) < 4.78 is 49.9. The molecule has 18 aliphatic rings. The van der Waals surface area contributed by atoms with Gasteiger partial charge in [-0.05, 0) is 43.2 Å². The van der Waals surface area contributed by atoms with Crippen LogP contribution in [0.4, 0.5) is 11.4 Å². The van der Waals surface area contributed by atoms with Gasteiger partial charge in [-0.1, -0.05) is 38.4 Å². The summed E-state index contributed by atoms with van der Waals surface area (Å²) in [6, 6.07) is 19.4. The first-order valence-corrected chi connectivity index (χ1v) is 26.6. The van der Waals surface area contributed by atoms with Gasteiger partial charge in [-0.15, -0.1) is 0 Å². The Morgan fingerprint density at radius 2 is 0.915 bits per heavy atom. The van der Waals surface area contributed by atoms with E-state index in [4.69, 9.17) is 37.9 Å². The molecule has 0 radical (unpaired) electrons. The molecule has 82 heavy (non-hydrogen) atoms. The molecule has 4 aromatic rings. The second-order valence-electron chi connectivity index (χ2n) is 19.3. The van der Waals surface area contributed by atoms with Crippen LogP contribution in [0.3, 0.4) is 0 Å². The lowest BCUT2D eigenvalue weighted by Gasteiger charge is -2.29. The van der Waals surface area contributed by atoms with Crippen LogP contribution in [0.5, 0.6) is 23.0 Å². The van der Waals surface area contributed by atoms with Crippen LogP contribution in [0.2, 0.25) is 0 Å². The molecule has 12 bridgehead atoms. The van der Waals surface area contributed by atoms with Crippen molar-refractivity contribution in [3.05, 3.63) is 156 Å². The van der Waals surface area contributed by atoms with E-state index in [0.29, 0.717) is 114 Å². The lowest BCUT2D eigenvalue weighted by atomic mass is 9.71. The van der Waals surface area contributed by atoms with Crippen LogP contribution in [0.15, 0.2) is 123 Å². The van der Waals surface area contributed by atoms with E-state index in [9.17, 15) is 38.7 Å². The number of nitrogens with zero attached hydrogens (tertiary/aromatic N) is 4. The Kier molecular flexibility index (Phi) is 21.4. The molecular formula is C62H68N4O16+2. The Hall–Kier alpha value is -8.53. The van der Waals surface area contributed by atoms with E-state index < -0.39 is 59.2 Å². The van der Waals surface area contributed by atoms with E-state index in [2.05, 4.69) is 26.3 Å². The van der Waals surface area contributed by atoms with Crippen molar-refractivity contribution in [1.82, 2.24) is 9.15 Å². The number of anilines is 2. The van der Waals surface area contributed by atoms with Crippen LogP contribution in [0.25, 0.3) is 11.1 Å². The second-order valence-corrected chi connectivity index (χ2v) is 19.3. The maximum atomic E-state index is 14.0. The number of ketones is 4. The fourth-order valence-corrected chi connectivity index (χ4v) is 9.15. The predicted molar refractivity (Wildman–Crippen MR) is 304 cm³/mol. The lowest BCUT2D eigenvalue weighted by molar-refractivity contribution is -0.132. The van der Waals surface area contributed by atoms with Crippen LogP contribution in [0.1, 0.15) is 35.8 Å². The van der Waals surface area contributed by atoms with E-state index in [0.717, 1.165) is 18.2 Å². The third-order valence-corrected chi connectivity index (χ3v) is 13.9. The number of likely N-dealkylation sites (N-methyl/N-ethyl adjacent to an activating group) is 4. The summed E-state index contributed by atoms with van der Waals surface area (Å²) in [6.45, 7) is 18.7. The van der Waals surface area contributed by atoms with Crippen molar-refractivity contribution in [2.24, 2.45) is 0 Å². The molecule has 4 aromatic carbocycles. The van der Waals surface area contributed by atoms with Crippen molar-refractivity contribution in [1.29, 1.82) is 0 Å². The normalized spacial score (nSPS) is 18.6. The molecule has 430 valence electrons. The standard InChI is InChI=1S/C62H68N4O16/c1-9-51(67)79-47-35-39-15-19-43(47)55-59(71)56(60(55)72)44-20-16-40(36-48(44)80-52(68)10-2)64(6)24-32-77-29-14-30-78-34-26-66(8)42-18-22-46(50(38-42)82-54(70)12-4)58-61(73)57(62(58)74)45-21-17-41(37-49(45)81-53(69)11-3)65(7)25-33-76-28-13-27-75-31-23-63(39)5/h9-12,15-22,35-38,51,56-57,67H,1-4,13-14,23-34H2,5-8H3/q+2. The van der Waals surface area contributed by atoms with Crippen molar-refractivity contribution >= 4 is 63.6 Å². The largest absolute Gasteiger partial charge is 0.461 e. The minimum absolute atomic E-state index is 0.00517. The Bertz CT molecular complexity index is 3420. The smallest absolute Gasteiger partial charge is 0.335 e. The van der Waals surface area contributed by atoms with Crippen LogP contribution in [0, 0.1) is 0 Å². The van der Waals surface area contributed by atoms with E-state index in [1.54, 1.807) is 72.8 Å². The average molecular weight is 1130 g/mol. The maximum Gasteiger partial charge on any atom is 0.335 e. The second kappa shape index (κ2) is 28.8. The summed E-state index contributed by atoms with van der Waals surface area (Å²) in [4.78, 5) is 97.6. The molecule has 2 aliphatic carbocycles. The van der Waals surface area contributed by atoms with Crippen LogP contribution >= 0.6 is 0 Å². The average Bonchev–Trinajstić information content (AvgIpc) is 3.24. The molecule has 16 heterocycles. The molecular weight excluding hydrogens is 1060 g/mol. The lowest BCUT2D eigenvalue weighted by Crippen LogP contribution is -2.43. The summed E-state index contributed by atoms with van der Waals surface area (Å²) in [5.41, 5.74) is 1.31. The number of aliphatic hydroxyl groups excluding tert-OH is 1. The van der Waals surface area contributed by atoms with Gasteiger partial charge in [0.05, 0.1) is 36.5 Å². The Balaban J connectivity index is 1.12. The Labute approximate surface area is 474 Å². The van der Waals surface area contributed by atoms with E-state index >= 15 is 0 Å². The van der Waals surface area contributed by atoms with Crippen molar-refractivity contribution in [2.45, 2.75) is 31.0 Å². The van der Waals surface area contributed by atoms with Gasteiger partial charge in [0, 0.05) is 129 Å². The monoisotopic (exact) mass is 1120 g/mol. The van der Waals surface area contributed by atoms with Crippen molar-refractivity contribution in [3.8, 4) is 23.0 Å². The highest BCUT2D eigenvalue weighted by Gasteiger charge is 2.49. The molecule has 2 saturated carbocycles. The summed E-state index contributed by atoms with van der Waals surface area (Å²) in [5, 5.41) is 12.0. The zero-order valence-corrected chi connectivity index (χ0v) is 46.6. The third kappa shape index (κ3) is 14.7. The van der Waals surface area contributed by atoms with Crippen molar-refractivity contribution in [2.75, 3.05) is 117 Å². The molecule has 16 aliphatic heterocycles. The first kappa shape index (κ1) is 61.1. The SMILES string of the molecule is C=CC(=O)Oc1cc2ccc1C1C(=O)C(=c3ccc(cc3OC(=O)C=C)=[N+](C)CCOCCCOCCN(C)c3ccc(c(OC(=O)C=C)c3)C3C(=O)C(=c4ccc(cc4OC(O)C=C)=[N+](C)CCOCCCOCCN2C)C3=O)C1=O. The zero-order chi connectivity index (χ0) is 59.0. The van der Waals surface area contributed by atoms with E-state index in [1.165, 1.54) is 6.08 Å². The first-order valence-electron chi connectivity index (χ1n) is 26.6. The molecule has 0 spiro atoms. The molecule has 0 saturated heterocycles. The van der Waals surface area contributed by atoms with E-state index in [1.807, 2.05) is 47.1 Å². The number of carbonyl (C=O) groups is 7. The van der Waals surface area contributed by atoms with Crippen LogP contribution in [-0.4, -0.2) is 160 Å². The summed E-state index contributed by atoms with van der Waals surface area (Å²) in [6.07, 6.45) is 3.82. The van der Waals surface area contributed by atoms with Gasteiger partial charge < -0.3 is 52.8 Å². The van der Waals surface area contributed by atoms with Crippen LogP contribution < -0.4 is 59.1 Å². The molecule has 1 N–H and O–H groups in total. The summed E-state index contributed by atoms with van der Waals surface area (Å²) in [5.74, 6) is -7.00. The van der Waals surface area contributed by atoms with Gasteiger partial charge in [-0.3, -0.25) is 19.2 Å². The number of hydrogen-bond donors (Lipinski definition) is 1. The summed E-state index contributed by atoms with van der Waals surface area (Å²) in [7, 11) is 7.26. The number of rotatable bonds is 9. The highest BCUT2D eigenvalue weighted by atomic mass is 16.6. The predicted octanol–water partition coefficient (Wildman–Crippen LogP) is 1.69. The van der Waals surface area contributed by atoms with E-state index in [-0.39, 0.29) is 55.7 Å². The Morgan fingerprint density at radius 1 is 0.537 bits per heavy atom. The number of hydrogen-bond acceptors (Lipinski definition) is 18. The number of esters is 3. The van der Waals surface area contributed by atoms with Crippen LogP contribution in [-0.2, 0) is 52.5 Å². The quantitative estimate of drug-likeness (QED) is 0.0479. The molecule has 0 aromatic heterocycles. The van der Waals surface area contributed by atoms with Gasteiger partial charge in [0.15, 0.2) is 36.2 Å². The number of Topliss-reactive ketones (excluding diaryl/α,β-unsaturated/α-hetero) is 4. The Morgan fingerprint density at radius 3 is 1.32 bits per heavy atom. The van der Waals surface area contributed by atoms with Crippen molar-refractivity contribution in [3.63, 3.8) is 0 Å². The van der Waals surface area contributed by atoms with Gasteiger partial charge in [0.2, 0.25) is 17.0 Å². The molecule has 0 amide bonds. The topological polar surface area (TPSA) is 226 Å². The third-order valence-electron chi connectivity index (χ3n) is 13.9. The van der Waals surface area contributed by atoms with Gasteiger partial charge in [-0.2, -0.15) is 0 Å². The minimum Gasteiger partial charge on any atom is -0.461 e. The fourth-order valence-electron chi connectivity index (χ4n) is 9.15. The summed E-state index contributed by atoms with van der Waals surface area (Å²) >= 11 is 0. The van der Waals surface area contributed by atoms with Crippen molar-refractivity contribution < 1.29 is 76.6 Å². The highest BCUT2D eigenvalue weighted by molar-refractivity contribution is 6.60. The molecule has 1 unspecified atom stereocenters. The minimum atomic E-state index is -1.45. The molecule has 20 heteroatoms. The molecule has 2 fully saturated rings. The number of ether oxygens (including phenoxy) is 8. The molecule has 1 atom stereocenters.